The maximum absolute atomic E-state index is 12.9. The molecule has 5 nitrogen and oxygen atoms in total. The number of hydrogen-bond donors (Lipinski definition) is 2. The standard InChI is InChI=1S/C21H25F3N4O.2ClH/c1-14(2)18-13-25-9-10-28(18)20(29)16-5-3-15(4-6-16)11-26-17-7-8-19(27-12-17)21(22,23)24;;/h3-8,12,14,18,25-26H,9-11,13H2,1-2H3;2*1H. The zero-order chi connectivity index (χ0) is 21.0. The molecule has 1 aliphatic rings. The first-order valence-corrected chi connectivity index (χ1v) is 9.63. The summed E-state index contributed by atoms with van der Waals surface area (Å²) in [6, 6.07) is 9.76. The number of pyridine rings is 1. The number of benzene rings is 1. The third kappa shape index (κ3) is 6.98. The molecule has 2 N–H and O–H groups in total. The minimum absolute atomic E-state index is 0. The van der Waals surface area contributed by atoms with Crippen molar-refractivity contribution in [3.8, 4) is 0 Å². The van der Waals surface area contributed by atoms with E-state index in [0.29, 0.717) is 30.3 Å². The van der Waals surface area contributed by atoms with Gasteiger partial charge in [-0.1, -0.05) is 26.0 Å². The van der Waals surface area contributed by atoms with Crippen LogP contribution >= 0.6 is 24.8 Å². The smallest absolute Gasteiger partial charge is 0.380 e. The number of aromatic nitrogens is 1. The topological polar surface area (TPSA) is 57.3 Å². The van der Waals surface area contributed by atoms with Crippen LogP contribution in [0.4, 0.5) is 18.9 Å². The van der Waals surface area contributed by atoms with Crippen LogP contribution in [0.3, 0.4) is 0 Å². The molecule has 0 radical (unpaired) electrons. The van der Waals surface area contributed by atoms with Gasteiger partial charge in [0.2, 0.25) is 0 Å². The number of hydrogen-bond acceptors (Lipinski definition) is 4. The Bertz CT molecular complexity index is 830. The highest BCUT2D eigenvalue weighted by Gasteiger charge is 2.32. The average Bonchev–Trinajstić information content (AvgIpc) is 2.71. The third-order valence-electron chi connectivity index (χ3n) is 5.07. The molecule has 1 aromatic heterocycles. The van der Waals surface area contributed by atoms with E-state index in [2.05, 4.69) is 29.5 Å². The van der Waals surface area contributed by atoms with Crippen molar-refractivity contribution >= 4 is 36.4 Å². The van der Waals surface area contributed by atoms with Gasteiger partial charge in [0, 0.05) is 37.8 Å². The summed E-state index contributed by atoms with van der Waals surface area (Å²) in [5, 5.41) is 6.38. The number of alkyl halides is 3. The van der Waals surface area contributed by atoms with Gasteiger partial charge in [0.25, 0.3) is 5.91 Å². The van der Waals surface area contributed by atoms with Crippen molar-refractivity contribution in [3.63, 3.8) is 0 Å². The summed E-state index contributed by atoms with van der Waals surface area (Å²) in [5.74, 6) is 0.393. The monoisotopic (exact) mass is 478 g/mol. The molecular formula is C21H27Cl2F3N4O. The number of piperazine rings is 1. The molecular weight excluding hydrogens is 452 g/mol. The van der Waals surface area contributed by atoms with Gasteiger partial charge >= 0.3 is 6.18 Å². The van der Waals surface area contributed by atoms with E-state index < -0.39 is 11.9 Å². The summed E-state index contributed by atoms with van der Waals surface area (Å²) in [5.41, 5.74) is 1.14. The number of amides is 1. The Morgan fingerprint density at radius 2 is 1.87 bits per heavy atom. The lowest BCUT2D eigenvalue weighted by Gasteiger charge is -2.38. The lowest BCUT2D eigenvalue weighted by atomic mass is 9.99. The van der Waals surface area contributed by atoms with Gasteiger partial charge in [0.05, 0.1) is 11.9 Å². The average molecular weight is 479 g/mol. The largest absolute Gasteiger partial charge is 0.433 e. The first kappa shape index (κ1) is 27.0. The van der Waals surface area contributed by atoms with Gasteiger partial charge in [-0.05, 0) is 35.7 Å². The summed E-state index contributed by atoms with van der Waals surface area (Å²) in [6.45, 7) is 6.92. The van der Waals surface area contributed by atoms with Gasteiger partial charge in [-0.25, -0.2) is 4.98 Å². The number of anilines is 1. The predicted molar refractivity (Wildman–Crippen MR) is 120 cm³/mol. The first-order valence-electron chi connectivity index (χ1n) is 9.63. The van der Waals surface area contributed by atoms with Crippen LogP contribution in [-0.2, 0) is 12.7 Å². The van der Waals surface area contributed by atoms with E-state index in [0.717, 1.165) is 30.9 Å². The maximum atomic E-state index is 12.9. The molecule has 2 aromatic rings. The number of carbonyl (C=O) groups excluding carboxylic acids is 1. The molecule has 31 heavy (non-hydrogen) atoms. The molecule has 1 amide bonds. The van der Waals surface area contributed by atoms with Crippen LogP contribution in [0.25, 0.3) is 0 Å². The van der Waals surface area contributed by atoms with Gasteiger partial charge in [0.15, 0.2) is 0 Å². The first-order chi connectivity index (χ1) is 13.8. The van der Waals surface area contributed by atoms with Gasteiger partial charge < -0.3 is 15.5 Å². The minimum Gasteiger partial charge on any atom is -0.380 e. The molecule has 0 saturated carbocycles. The van der Waals surface area contributed by atoms with E-state index in [1.807, 2.05) is 17.0 Å². The van der Waals surface area contributed by atoms with Crippen LogP contribution in [0.15, 0.2) is 42.6 Å². The van der Waals surface area contributed by atoms with E-state index in [1.165, 1.54) is 6.07 Å². The Labute approximate surface area is 192 Å². The predicted octanol–water partition coefficient (Wildman–Crippen LogP) is 4.63. The van der Waals surface area contributed by atoms with Crippen LogP contribution in [0.2, 0.25) is 0 Å². The molecule has 10 heteroatoms. The zero-order valence-electron chi connectivity index (χ0n) is 17.3. The number of nitrogens with zero attached hydrogens (tertiary/aromatic N) is 2. The van der Waals surface area contributed by atoms with Crippen molar-refractivity contribution in [1.29, 1.82) is 0 Å². The number of carbonyl (C=O) groups is 1. The highest BCUT2D eigenvalue weighted by molar-refractivity contribution is 5.94. The van der Waals surface area contributed by atoms with E-state index in [-0.39, 0.29) is 36.8 Å². The van der Waals surface area contributed by atoms with Gasteiger partial charge in [-0.3, -0.25) is 4.79 Å². The van der Waals surface area contributed by atoms with Crippen LogP contribution < -0.4 is 10.6 Å². The summed E-state index contributed by atoms with van der Waals surface area (Å²) in [7, 11) is 0. The van der Waals surface area contributed by atoms with Crippen molar-refractivity contribution in [2.24, 2.45) is 5.92 Å². The van der Waals surface area contributed by atoms with Crippen molar-refractivity contribution in [3.05, 3.63) is 59.4 Å². The second kappa shape index (κ2) is 11.5. The second-order valence-electron chi connectivity index (χ2n) is 7.49. The molecule has 0 spiro atoms. The molecule has 1 atom stereocenters. The second-order valence-corrected chi connectivity index (χ2v) is 7.49. The van der Waals surface area contributed by atoms with Crippen molar-refractivity contribution in [2.45, 2.75) is 32.6 Å². The Balaban J connectivity index is 0.00000240. The highest BCUT2D eigenvalue weighted by Crippen LogP contribution is 2.27. The zero-order valence-corrected chi connectivity index (χ0v) is 18.9. The molecule has 0 aliphatic carbocycles. The molecule has 1 aromatic carbocycles. The van der Waals surface area contributed by atoms with Crippen molar-refractivity contribution < 1.29 is 18.0 Å². The molecule has 1 aliphatic heterocycles. The van der Waals surface area contributed by atoms with E-state index in [9.17, 15) is 18.0 Å². The molecule has 1 saturated heterocycles. The third-order valence-corrected chi connectivity index (χ3v) is 5.07. The normalized spacial score (nSPS) is 16.3. The quantitative estimate of drug-likeness (QED) is 0.657. The molecule has 3 rings (SSSR count). The lowest BCUT2D eigenvalue weighted by molar-refractivity contribution is -0.141. The fraction of sp³-hybridized carbons (Fsp3) is 0.429. The van der Waals surface area contributed by atoms with Gasteiger partial charge in [-0.2, -0.15) is 13.2 Å². The van der Waals surface area contributed by atoms with Crippen LogP contribution in [0, 0.1) is 5.92 Å². The Hall–Kier alpha value is -2.03. The highest BCUT2D eigenvalue weighted by atomic mass is 35.5. The van der Waals surface area contributed by atoms with E-state index in [4.69, 9.17) is 0 Å². The number of rotatable bonds is 5. The molecule has 1 unspecified atom stereocenters. The van der Waals surface area contributed by atoms with Crippen molar-refractivity contribution in [1.82, 2.24) is 15.2 Å². The molecule has 172 valence electrons. The van der Waals surface area contributed by atoms with E-state index >= 15 is 0 Å². The summed E-state index contributed by atoms with van der Waals surface area (Å²) in [4.78, 5) is 18.3. The van der Waals surface area contributed by atoms with Crippen molar-refractivity contribution in [2.75, 3.05) is 25.0 Å². The molecule has 0 bridgehead atoms. The fourth-order valence-corrected chi connectivity index (χ4v) is 3.37. The van der Waals surface area contributed by atoms with Crippen LogP contribution in [0.1, 0.15) is 35.5 Å². The summed E-state index contributed by atoms with van der Waals surface area (Å²) in [6.07, 6.45) is -3.28. The molecule has 1 fully saturated rings. The lowest BCUT2D eigenvalue weighted by Crippen LogP contribution is -2.55. The van der Waals surface area contributed by atoms with Gasteiger partial charge in [-0.15, -0.1) is 24.8 Å². The Kier molecular flexibility index (Phi) is 10.1. The minimum atomic E-state index is -4.44. The SMILES string of the molecule is CC(C)C1CNCCN1C(=O)c1ccc(CNc2ccc(C(F)(F)F)nc2)cc1.Cl.Cl. The van der Waals surface area contributed by atoms with Crippen LogP contribution in [-0.4, -0.2) is 41.5 Å². The Morgan fingerprint density at radius 3 is 2.42 bits per heavy atom. The molecule has 2 heterocycles. The van der Waals surface area contributed by atoms with Gasteiger partial charge in [0.1, 0.15) is 5.69 Å². The van der Waals surface area contributed by atoms with E-state index in [1.54, 1.807) is 12.1 Å². The summed E-state index contributed by atoms with van der Waals surface area (Å²) < 4.78 is 37.7. The Morgan fingerprint density at radius 1 is 1.19 bits per heavy atom. The van der Waals surface area contributed by atoms with Crippen LogP contribution in [0.5, 0.6) is 0 Å². The fourth-order valence-electron chi connectivity index (χ4n) is 3.37. The number of nitrogens with one attached hydrogen (secondary N) is 2. The number of halogens is 5. The summed E-state index contributed by atoms with van der Waals surface area (Å²) >= 11 is 0. The maximum Gasteiger partial charge on any atom is 0.433 e.